The molecular weight excluding hydrogens is 262 g/mol. The quantitative estimate of drug-likeness (QED) is 0.752. The predicted molar refractivity (Wildman–Crippen MR) is 86.0 cm³/mol. The molecule has 1 aromatic carbocycles. The van der Waals surface area contributed by atoms with Crippen molar-refractivity contribution in [2.75, 3.05) is 13.1 Å². The molecule has 0 saturated carbocycles. The van der Waals surface area contributed by atoms with Crippen molar-refractivity contribution in [1.29, 1.82) is 0 Å². The van der Waals surface area contributed by atoms with Crippen LogP contribution in [0.4, 0.5) is 0 Å². The molecule has 0 radical (unpaired) electrons. The second-order valence-corrected chi connectivity index (χ2v) is 5.80. The number of fused-ring (bicyclic) bond motifs is 1. The van der Waals surface area contributed by atoms with Crippen LogP contribution in [0.3, 0.4) is 0 Å². The number of hydrogen-bond donors (Lipinski definition) is 3. The molecule has 3 N–H and O–H groups in total. The first kappa shape index (κ1) is 16.0. The molecule has 1 amide bonds. The summed E-state index contributed by atoms with van der Waals surface area (Å²) in [4.78, 5) is 11.8. The maximum absolute atomic E-state index is 11.8. The van der Waals surface area contributed by atoms with E-state index in [2.05, 4.69) is 47.1 Å². The summed E-state index contributed by atoms with van der Waals surface area (Å²) in [6, 6.07) is 9.15. The van der Waals surface area contributed by atoms with Gasteiger partial charge in [-0.2, -0.15) is 0 Å². The zero-order valence-electron chi connectivity index (χ0n) is 13.1. The molecule has 116 valence electrons. The topological polar surface area (TPSA) is 53.2 Å². The van der Waals surface area contributed by atoms with Crippen LogP contribution >= 0.6 is 0 Å². The summed E-state index contributed by atoms with van der Waals surface area (Å²) in [5.74, 6) is 0.136. The monoisotopic (exact) mass is 289 g/mol. The summed E-state index contributed by atoms with van der Waals surface area (Å²) in [5.41, 5.74) is 2.72. The van der Waals surface area contributed by atoms with E-state index in [4.69, 9.17) is 0 Å². The van der Waals surface area contributed by atoms with Crippen molar-refractivity contribution in [3.05, 3.63) is 35.4 Å². The van der Waals surface area contributed by atoms with Gasteiger partial charge in [0.05, 0.1) is 0 Å². The van der Waals surface area contributed by atoms with Crippen molar-refractivity contribution in [2.24, 2.45) is 0 Å². The lowest BCUT2D eigenvalue weighted by Crippen LogP contribution is -2.34. The van der Waals surface area contributed by atoms with Crippen molar-refractivity contribution in [1.82, 2.24) is 16.0 Å². The van der Waals surface area contributed by atoms with Crippen molar-refractivity contribution in [3.8, 4) is 0 Å². The van der Waals surface area contributed by atoms with Crippen LogP contribution in [0.1, 0.15) is 50.3 Å². The normalized spacial score (nSPS) is 19.4. The molecule has 4 nitrogen and oxygen atoms in total. The van der Waals surface area contributed by atoms with Crippen LogP contribution in [0.2, 0.25) is 0 Å². The first-order valence-electron chi connectivity index (χ1n) is 8.02. The van der Waals surface area contributed by atoms with Crippen LogP contribution in [-0.2, 0) is 11.3 Å². The van der Waals surface area contributed by atoms with E-state index < -0.39 is 0 Å². The number of carbonyl (C=O) groups is 1. The van der Waals surface area contributed by atoms with Gasteiger partial charge in [-0.15, -0.1) is 0 Å². The molecule has 1 aromatic rings. The van der Waals surface area contributed by atoms with E-state index in [9.17, 15) is 4.79 Å². The van der Waals surface area contributed by atoms with E-state index >= 15 is 0 Å². The maximum atomic E-state index is 11.8. The number of benzene rings is 1. The van der Waals surface area contributed by atoms with Gasteiger partial charge < -0.3 is 16.0 Å². The minimum absolute atomic E-state index is 0.136. The van der Waals surface area contributed by atoms with Crippen molar-refractivity contribution < 1.29 is 4.79 Å². The minimum Gasteiger partial charge on any atom is -0.354 e. The molecule has 21 heavy (non-hydrogen) atoms. The second-order valence-electron chi connectivity index (χ2n) is 5.80. The van der Waals surface area contributed by atoms with Crippen molar-refractivity contribution in [2.45, 2.75) is 51.7 Å². The van der Waals surface area contributed by atoms with Crippen LogP contribution in [0.25, 0.3) is 0 Å². The van der Waals surface area contributed by atoms with Gasteiger partial charge in [0.2, 0.25) is 5.91 Å². The Morgan fingerprint density at radius 3 is 3.05 bits per heavy atom. The van der Waals surface area contributed by atoms with Gasteiger partial charge >= 0.3 is 0 Å². The predicted octanol–water partition coefficient (Wildman–Crippen LogP) is 2.12. The third-order valence-electron chi connectivity index (χ3n) is 4.12. The van der Waals surface area contributed by atoms with E-state index in [-0.39, 0.29) is 11.9 Å². The SMILES string of the molecule is CCC(C)NC(=O)CCNC1CCNCc2ccccc21. The van der Waals surface area contributed by atoms with Crippen LogP contribution < -0.4 is 16.0 Å². The van der Waals surface area contributed by atoms with E-state index in [1.54, 1.807) is 0 Å². The van der Waals surface area contributed by atoms with Gasteiger partial charge in [-0.3, -0.25) is 4.79 Å². The summed E-state index contributed by atoms with van der Waals surface area (Å²) in [5, 5.41) is 9.99. The molecule has 0 aliphatic carbocycles. The first-order chi connectivity index (χ1) is 10.2. The highest BCUT2D eigenvalue weighted by Crippen LogP contribution is 2.23. The Kier molecular flexibility index (Phi) is 6.21. The van der Waals surface area contributed by atoms with Gasteiger partial charge in [-0.05, 0) is 37.4 Å². The Bertz CT molecular complexity index is 461. The maximum Gasteiger partial charge on any atom is 0.221 e. The van der Waals surface area contributed by atoms with Gasteiger partial charge in [0.25, 0.3) is 0 Å². The Labute approximate surface area is 127 Å². The minimum atomic E-state index is 0.136. The van der Waals surface area contributed by atoms with Gasteiger partial charge in [-0.1, -0.05) is 31.2 Å². The molecule has 2 unspecified atom stereocenters. The number of carbonyl (C=O) groups excluding carboxylic acids is 1. The lowest BCUT2D eigenvalue weighted by atomic mass is 9.99. The summed E-state index contributed by atoms with van der Waals surface area (Å²) >= 11 is 0. The lowest BCUT2D eigenvalue weighted by molar-refractivity contribution is -0.121. The molecule has 1 aliphatic rings. The summed E-state index contributed by atoms with van der Waals surface area (Å²) < 4.78 is 0. The fourth-order valence-electron chi connectivity index (χ4n) is 2.68. The molecule has 2 rings (SSSR count). The van der Waals surface area contributed by atoms with Crippen LogP contribution in [0.5, 0.6) is 0 Å². The van der Waals surface area contributed by atoms with E-state index in [0.717, 1.165) is 32.5 Å². The molecule has 0 fully saturated rings. The third kappa shape index (κ3) is 4.83. The van der Waals surface area contributed by atoms with E-state index in [1.165, 1.54) is 11.1 Å². The summed E-state index contributed by atoms with van der Waals surface area (Å²) in [6.07, 6.45) is 2.57. The number of amides is 1. The number of hydrogen-bond acceptors (Lipinski definition) is 3. The van der Waals surface area contributed by atoms with Gasteiger partial charge in [-0.25, -0.2) is 0 Å². The first-order valence-corrected chi connectivity index (χ1v) is 8.02. The Balaban J connectivity index is 1.84. The molecule has 0 aromatic heterocycles. The fraction of sp³-hybridized carbons (Fsp3) is 0.588. The van der Waals surface area contributed by atoms with Crippen molar-refractivity contribution >= 4 is 5.91 Å². The fourth-order valence-corrected chi connectivity index (χ4v) is 2.68. The highest BCUT2D eigenvalue weighted by molar-refractivity contribution is 5.76. The van der Waals surface area contributed by atoms with Crippen LogP contribution in [0, 0.1) is 0 Å². The van der Waals surface area contributed by atoms with Crippen LogP contribution in [-0.4, -0.2) is 25.0 Å². The summed E-state index contributed by atoms with van der Waals surface area (Å²) in [7, 11) is 0. The Morgan fingerprint density at radius 2 is 2.24 bits per heavy atom. The average molecular weight is 289 g/mol. The number of nitrogens with one attached hydrogen (secondary N) is 3. The smallest absolute Gasteiger partial charge is 0.221 e. The molecule has 0 spiro atoms. The third-order valence-corrected chi connectivity index (χ3v) is 4.12. The zero-order valence-corrected chi connectivity index (χ0v) is 13.1. The largest absolute Gasteiger partial charge is 0.354 e. The Hall–Kier alpha value is -1.39. The molecule has 1 aliphatic heterocycles. The molecule has 0 saturated heterocycles. The van der Waals surface area contributed by atoms with Gasteiger partial charge in [0, 0.05) is 31.6 Å². The Morgan fingerprint density at radius 1 is 1.43 bits per heavy atom. The lowest BCUT2D eigenvalue weighted by Gasteiger charge is -2.19. The molecule has 1 heterocycles. The van der Waals surface area contributed by atoms with Gasteiger partial charge in [0.1, 0.15) is 0 Å². The van der Waals surface area contributed by atoms with Gasteiger partial charge in [0.15, 0.2) is 0 Å². The highest BCUT2D eigenvalue weighted by Gasteiger charge is 2.17. The van der Waals surface area contributed by atoms with Crippen molar-refractivity contribution in [3.63, 3.8) is 0 Å². The highest BCUT2D eigenvalue weighted by atomic mass is 16.1. The van der Waals surface area contributed by atoms with E-state index in [0.29, 0.717) is 12.5 Å². The molecule has 0 bridgehead atoms. The van der Waals surface area contributed by atoms with E-state index in [1.807, 2.05) is 6.92 Å². The second kappa shape index (κ2) is 8.15. The molecule has 2 atom stereocenters. The molecule has 4 heteroatoms. The average Bonchev–Trinajstić information content (AvgIpc) is 2.70. The number of rotatable bonds is 6. The zero-order chi connectivity index (χ0) is 15.1. The van der Waals surface area contributed by atoms with Crippen LogP contribution in [0.15, 0.2) is 24.3 Å². The summed E-state index contributed by atoms with van der Waals surface area (Å²) in [6.45, 7) is 6.78. The standard InChI is InChI=1S/C17H27N3O/c1-3-13(2)20-17(21)9-11-19-16-8-10-18-12-14-6-4-5-7-15(14)16/h4-7,13,16,18-19H,3,8-12H2,1-2H3,(H,20,21). The molecular formula is C17H27N3O.